The lowest BCUT2D eigenvalue weighted by atomic mass is 10.1. The number of halogens is 1. The quantitative estimate of drug-likeness (QED) is 0.496. The molecule has 32 heavy (non-hydrogen) atoms. The Morgan fingerprint density at radius 3 is 2.78 bits per heavy atom. The first-order chi connectivity index (χ1) is 15.4. The van der Waals surface area contributed by atoms with E-state index in [1.807, 2.05) is 6.92 Å². The minimum absolute atomic E-state index is 0.148. The van der Waals surface area contributed by atoms with Crippen molar-refractivity contribution in [2.24, 2.45) is 0 Å². The number of ether oxygens (including phenoxy) is 1. The maximum atomic E-state index is 13.2. The number of pyridine rings is 1. The Morgan fingerprint density at radius 1 is 1.22 bits per heavy atom. The maximum Gasteiger partial charge on any atom is 0.417 e. The second-order valence-corrected chi connectivity index (χ2v) is 8.56. The molecule has 0 radical (unpaired) electrons. The predicted molar refractivity (Wildman–Crippen MR) is 123 cm³/mol. The normalized spacial score (nSPS) is 15.4. The number of oxazole rings is 1. The van der Waals surface area contributed by atoms with E-state index in [4.69, 9.17) is 25.7 Å². The van der Waals surface area contributed by atoms with E-state index in [1.165, 1.54) is 10.8 Å². The van der Waals surface area contributed by atoms with Crippen LogP contribution < -0.4 is 21.0 Å². The standard InChI is InChI=1S/C23H23ClN4O4/c1-13-20(27-9-4-3-5-10-27)26-21-16(11-15(24)12-28(21)22(13)29)14(2)31-18-8-6-7-17-19(18)32-23(30)25-17/h6-8,11-12,14H,3-5,9-10H2,1-2H3,(H,25,30)/t14-/m0/s1. The number of para-hydroxylation sites is 1. The number of nitrogens with zero attached hydrogens (tertiary/aromatic N) is 3. The van der Waals surface area contributed by atoms with Gasteiger partial charge in [-0.15, -0.1) is 0 Å². The van der Waals surface area contributed by atoms with Crippen molar-refractivity contribution in [3.8, 4) is 5.75 Å². The van der Waals surface area contributed by atoms with Gasteiger partial charge in [-0.3, -0.25) is 14.2 Å². The molecule has 1 aliphatic rings. The Labute approximate surface area is 188 Å². The van der Waals surface area contributed by atoms with Crippen LogP contribution in [0.15, 0.2) is 44.5 Å². The Kier molecular flexibility index (Phi) is 5.17. The molecule has 0 spiro atoms. The van der Waals surface area contributed by atoms with Crippen LogP contribution >= 0.6 is 11.6 Å². The third-order valence-electron chi connectivity index (χ3n) is 5.93. The van der Waals surface area contributed by atoms with E-state index in [-0.39, 0.29) is 5.56 Å². The number of fused-ring (bicyclic) bond motifs is 2. The van der Waals surface area contributed by atoms with E-state index in [0.29, 0.717) is 44.5 Å². The summed E-state index contributed by atoms with van der Waals surface area (Å²) in [7, 11) is 0. The van der Waals surface area contributed by atoms with Crippen LogP contribution in [0.4, 0.5) is 5.82 Å². The van der Waals surface area contributed by atoms with E-state index < -0.39 is 11.9 Å². The number of H-pyrrole nitrogens is 1. The Balaban J connectivity index is 1.63. The molecule has 1 saturated heterocycles. The molecule has 0 amide bonds. The number of rotatable bonds is 4. The molecule has 1 atom stereocenters. The highest BCUT2D eigenvalue weighted by Gasteiger charge is 2.22. The topological polar surface area (TPSA) is 92.8 Å². The van der Waals surface area contributed by atoms with Crippen LogP contribution in [0.1, 0.15) is 43.4 Å². The Hall–Kier alpha value is -3.26. The molecule has 166 valence electrons. The van der Waals surface area contributed by atoms with Gasteiger partial charge < -0.3 is 14.1 Å². The molecule has 0 aliphatic carbocycles. The zero-order chi connectivity index (χ0) is 22.4. The summed E-state index contributed by atoms with van der Waals surface area (Å²) in [6.07, 6.45) is 4.42. The van der Waals surface area contributed by atoms with Crippen LogP contribution in [-0.4, -0.2) is 27.5 Å². The summed E-state index contributed by atoms with van der Waals surface area (Å²) >= 11 is 6.36. The molecule has 1 N–H and O–H groups in total. The van der Waals surface area contributed by atoms with Gasteiger partial charge in [0, 0.05) is 24.8 Å². The lowest BCUT2D eigenvalue weighted by molar-refractivity contribution is 0.227. The van der Waals surface area contributed by atoms with Crippen LogP contribution in [0.25, 0.3) is 16.7 Å². The second kappa shape index (κ2) is 8.02. The average molecular weight is 455 g/mol. The molecule has 4 heterocycles. The molecule has 4 aromatic rings. The highest BCUT2D eigenvalue weighted by atomic mass is 35.5. The van der Waals surface area contributed by atoms with Crippen LogP contribution in [0.2, 0.25) is 5.02 Å². The van der Waals surface area contributed by atoms with Gasteiger partial charge in [-0.25, -0.2) is 9.78 Å². The van der Waals surface area contributed by atoms with Crippen molar-refractivity contribution in [3.63, 3.8) is 0 Å². The highest BCUT2D eigenvalue weighted by molar-refractivity contribution is 6.30. The van der Waals surface area contributed by atoms with Gasteiger partial charge in [-0.05, 0) is 51.3 Å². The molecule has 1 aliphatic heterocycles. The minimum Gasteiger partial charge on any atom is -0.482 e. The molecule has 3 aromatic heterocycles. The predicted octanol–water partition coefficient (Wildman–Crippen LogP) is 4.22. The average Bonchev–Trinajstić information content (AvgIpc) is 3.18. The smallest absolute Gasteiger partial charge is 0.417 e. The first-order valence-corrected chi connectivity index (χ1v) is 11.1. The van der Waals surface area contributed by atoms with Crippen LogP contribution in [-0.2, 0) is 0 Å². The van der Waals surface area contributed by atoms with Gasteiger partial charge >= 0.3 is 5.76 Å². The highest BCUT2D eigenvalue weighted by Crippen LogP contribution is 2.31. The van der Waals surface area contributed by atoms with Crippen LogP contribution in [0.3, 0.4) is 0 Å². The SMILES string of the molecule is Cc1c(N2CCCCC2)nc2c([C@H](C)Oc3cccc4[nH]c(=O)oc34)cc(Cl)cn2c1=O. The molecule has 9 heteroatoms. The van der Waals surface area contributed by atoms with E-state index in [0.717, 1.165) is 25.9 Å². The fraction of sp³-hybridized carbons (Fsp3) is 0.348. The van der Waals surface area contributed by atoms with Crippen LogP contribution in [0.5, 0.6) is 5.75 Å². The van der Waals surface area contributed by atoms with Gasteiger partial charge in [-0.1, -0.05) is 17.7 Å². The van der Waals surface area contributed by atoms with E-state index >= 15 is 0 Å². The summed E-state index contributed by atoms with van der Waals surface area (Å²) in [5.74, 6) is 0.577. The van der Waals surface area contributed by atoms with Crippen molar-refractivity contribution >= 4 is 34.2 Å². The molecular weight excluding hydrogens is 432 g/mol. The number of aromatic amines is 1. The number of aromatic nitrogens is 3. The van der Waals surface area contributed by atoms with E-state index in [2.05, 4.69) is 9.88 Å². The zero-order valence-corrected chi connectivity index (χ0v) is 18.6. The van der Waals surface area contributed by atoms with Crippen molar-refractivity contribution in [2.75, 3.05) is 18.0 Å². The lowest BCUT2D eigenvalue weighted by Gasteiger charge is -2.29. The zero-order valence-electron chi connectivity index (χ0n) is 17.9. The van der Waals surface area contributed by atoms with Crippen molar-refractivity contribution in [2.45, 2.75) is 39.2 Å². The van der Waals surface area contributed by atoms with Crippen molar-refractivity contribution in [1.82, 2.24) is 14.4 Å². The van der Waals surface area contributed by atoms with Gasteiger partial charge in [0.2, 0.25) is 0 Å². The van der Waals surface area contributed by atoms with Gasteiger partial charge in [0.25, 0.3) is 5.56 Å². The molecule has 0 saturated carbocycles. The van der Waals surface area contributed by atoms with Crippen LogP contribution in [0, 0.1) is 6.92 Å². The molecule has 5 rings (SSSR count). The van der Waals surface area contributed by atoms with Gasteiger partial charge in [0.1, 0.15) is 17.6 Å². The van der Waals surface area contributed by atoms with Gasteiger partial charge in [0.05, 0.1) is 16.1 Å². The molecule has 8 nitrogen and oxygen atoms in total. The maximum absolute atomic E-state index is 13.2. The summed E-state index contributed by atoms with van der Waals surface area (Å²) in [5, 5.41) is 0.406. The largest absolute Gasteiger partial charge is 0.482 e. The fourth-order valence-corrected chi connectivity index (χ4v) is 4.53. The minimum atomic E-state index is -0.549. The number of hydrogen-bond acceptors (Lipinski definition) is 6. The van der Waals surface area contributed by atoms with Gasteiger partial charge in [-0.2, -0.15) is 0 Å². The van der Waals surface area contributed by atoms with Crippen molar-refractivity contribution < 1.29 is 9.15 Å². The number of benzene rings is 1. The first kappa shape index (κ1) is 20.6. The Bertz CT molecular complexity index is 1430. The summed E-state index contributed by atoms with van der Waals surface area (Å²) in [4.78, 5) is 34.5. The second-order valence-electron chi connectivity index (χ2n) is 8.13. The molecule has 0 bridgehead atoms. The molecular formula is C23H23ClN4O4. The summed E-state index contributed by atoms with van der Waals surface area (Å²) in [6, 6.07) is 7.00. The van der Waals surface area contributed by atoms with Crippen molar-refractivity contribution in [3.05, 3.63) is 67.5 Å². The monoisotopic (exact) mass is 454 g/mol. The fourth-order valence-electron chi connectivity index (χ4n) is 4.31. The van der Waals surface area contributed by atoms with E-state index in [1.54, 1.807) is 37.4 Å². The van der Waals surface area contributed by atoms with E-state index in [9.17, 15) is 9.59 Å². The molecule has 1 fully saturated rings. The third-order valence-corrected chi connectivity index (χ3v) is 6.13. The number of hydrogen-bond donors (Lipinski definition) is 1. The first-order valence-electron chi connectivity index (χ1n) is 10.7. The Morgan fingerprint density at radius 2 is 2.00 bits per heavy atom. The third kappa shape index (κ3) is 3.54. The number of anilines is 1. The number of piperidine rings is 1. The summed E-state index contributed by atoms with van der Waals surface area (Å²) in [5.41, 5.74) is 2.51. The summed E-state index contributed by atoms with van der Waals surface area (Å²) < 4.78 is 12.9. The van der Waals surface area contributed by atoms with Crippen molar-refractivity contribution in [1.29, 1.82) is 0 Å². The lowest BCUT2D eigenvalue weighted by Crippen LogP contribution is -2.33. The number of nitrogens with one attached hydrogen (secondary N) is 1. The molecule has 1 aromatic carbocycles. The van der Waals surface area contributed by atoms with Gasteiger partial charge in [0.15, 0.2) is 11.3 Å². The summed E-state index contributed by atoms with van der Waals surface area (Å²) in [6.45, 7) is 5.42. The molecule has 0 unspecified atom stereocenters.